The van der Waals surface area contributed by atoms with E-state index in [-0.39, 0.29) is 11.5 Å². The Balaban J connectivity index is 2.02. The second-order valence-electron chi connectivity index (χ2n) is 6.46. The highest BCUT2D eigenvalue weighted by Crippen LogP contribution is 2.39. The Morgan fingerprint density at radius 1 is 1.41 bits per heavy atom. The molecule has 3 unspecified atom stereocenters. The third-order valence-electron chi connectivity index (χ3n) is 4.97. The molecule has 2 rings (SSSR count). The molecule has 1 saturated heterocycles. The number of amides is 1. The predicted octanol–water partition coefficient (Wildman–Crippen LogP) is 2.01. The van der Waals surface area contributed by atoms with Crippen LogP contribution in [0.1, 0.15) is 46.5 Å². The maximum absolute atomic E-state index is 12.6. The summed E-state index contributed by atoms with van der Waals surface area (Å²) in [6.45, 7) is 8.45. The number of likely N-dealkylation sites (tertiary alicyclic amines) is 1. The number of hydrogen-bond acceptors (Lipinski definition) is 2. The lowest BCUT2D eigenvalue weighted by atomic mass is 9.83. The van der Waals surface area contributed by atoms with Crippen LogP contribution in [0.4, 0.5) is 0 Å². The quantitative estimate of drug-likeness (QED) is 0.800. The van der Waals surface area contributed by atoms with Crippen molar-refractivity contribution >= 4 is 5.91 Å². The second-order valence-corrected chi connectivity index (χ2v) is 6.46. The average Bonchev–Trinajstić information content (AvgIpc) is 2.87. The minimum absolute atomic E-state index is 0.0631. The van der Waals surface area contributed by atoms with Crippen LogP contribution in [0.25, 0.3) is 0 Å². The van der Waals surface area contributed by atoms with Gasteiger partial charge in [0.05, 0.1) is 5.41 Å². The molecule has 1 aliphatic carbocycles. The number of nitrogens with two attached hydrogens (primary N) is 1. The Hall–Kier alpha value is -0.570. The lowest BCUT2D eigenvalue weighted by molar-refractivity contribution is -0.140. The molecule has 0 radical (unpaired) electrons. The minimum Gasteiger partial charge on any atom is -0.342 e. The van der Waals surface area contributed by atoms with Gasteiger partial charge in [-0.1, -0.05) is 20.3 Å². The van der Waals surface area contributed by atoms with Crippen molar-refractivity contribution in [3.8, 4) is 0 Å². The van der Waals surface area contributed by atoms with E-state index in [9.17, 15) is 4.79 Å². The zero-order valence-corrected chi connectivity index (χ0v) is 11.4. The van der Waals surface area contributed by atoms with E-state index in [1.807, 2.05) is 0 Å². The van der Waals surface area contributed by atoms with Gasteiger partial charge >= 0.3 is 0 Å². The van der Waals surface area contributed by atoms with Gasteiger partial charge in [0.2, 0.25) is 5.91 Å². The Kier molecular flexibility index (Phi) is 3.48. The smallest absolute Gasteiger partial charge is 0.230 e. The van der Waals surface area contributed by atoms with Gasteiger partial charge in [-0.05, 0) is 38.0 Å². The van der Waals surface area contributed by atoms with E-state index in [2.05, 4.69) is 25.7 Å². The van der Waals surface area contributed by atoms with E-state index < -0.39 is 0 Å². The fourth-order valence-corrected chi connectivity index (χ4v) is 3.34. The fraction of sp³-hybridized carbons (Fsp3) is 0.929. The van der Waals surface area contributed by atoms with Gasteiger partial charge < -0.3 is 10.6 Å². The molecule has 3 atom stereocenters. The highest BCUT2D eigenvalue weighted by Gasteiger charge is 2.46. The third-order valence-corrected chi connectivity index (χ3v) is 4.97. The second kappa shape index (κ2) is 4.60. The standard InChI is InChI=1S/C14H26N2O/c1-10(2)11-6-8-16(9-11)13(17)14(3)7-4-5-12(14)15/h10-12H,4-9,15H2,1-3H3. The summed E-state index contributed by atoms with van der Waals surface area (Å²) in [4.78, 5) is 14.7. The summed E-state index contributed by atoms with van der Waals surface area (Å²) >= 11 is 0. The van der Waals surface area contributed by atoms with Gasteiger partial charge in [-0.3, -0.25) is 4.79 Å². The SMILES string of the molecule is CC(C)C1CCN(C(=O)C2(C)CCCC2N)C1. The molecule has 1 saturated carbocycles. The summed E-state index contributed by atoms with van der Waals surface area (Å²) in [5, 5.41) is 0. The van der Waals surface area contributed by atoms with Crippen LogP contribution in [-0.4, -0.2) is 29.9 Å². The van der Waals surface area contributed by atoms with Crippen LogP contribution in [-0.2, 0) is 4.79 Å². The first-order chi connectivity index (χ1) is 7.95. The van der Waals surface area contributed by atoms with Crippen molar-refractivity contribution in [1.82, 2.24) is 4.90 Å². The lowest BCUT2D eigenvalue weighted by Crippen LogP contribution is -2.48. The van der Waals surface area contributed by atoms with Crippen molar-refractivity contribution in [2.75, 3.05) is 13.1 Å². The molecule has 0 aromatic heterocycles. The zero-order chi connectivity index (χ0) is 12.6. The molecule has 3 heteroatoms. The number of carbonyl (C=O) groups excluding carboxylic acids is 1. The monoisotopic (exact) mass is 238 g/mol. The van der Waals surface area contributed by atoms with Crippen LogP contribution in [0, 0.1) is 17.3 Å². The molecule has 1 amide bonds. The molecular weight excluding hydrogens is 212 g/mol. The van der Waals surface area contributed by atoms with E-state index in [0.717, 1.165) is 38.8 Å². The van der Waals surface area contributed by atoms with E-state index in [4.69, 9.17) is 5.73 Å². The van der Waals surface area contributed by atoms with Gasteiger partial charge in [-0.15, -0.1) is 0 Å². The summed E-state index contributed by atoms with van der Waals surface area (Å²) in [6, 6.07) is 0.0631. The molecule has 98 valence electrons. The van der Waals surface area contributed by atoms with E-state index >= 15 is 0 Å². The van der Waals surface area contributed by atoms with Crippen LogP contribution in [0.5, 0.6) is 0 Å². The van der Waals surface area contributed by atoms with Crippen LogP contribution >= 0.6 is 0 Å². The molecule has 0 aromatic carbocycles. The molecule has 3 nitrogen and oxygen atoms in total. The summed E-state index contributed by atoms with van der Waals surface area (Å²) in [7, 11) is 0. The Labute approximate surface area is 105 Å². The van der Waals surface area contributed by atoms with Gasteiger partial charge in [0, 0.05) is 19.1 Å². The number of nitrogens with zero attached hydrogens (tertiary/aromatic N) is 1. The predicted molar refractivity (Wildman–Crippen MR) is 69.5 cm³/mol. The molecule has 17 heavy (non-hydrogen) atoms. The summed E-state index contributed by atoms with van der Waals surface area (Å²) in [5.41, 5.74) is 5.84. The summed E-state index contributed by atoms with van der Waals surface area (Å²) < 4.78 is 0. The molecule has 0 aromatic rings. The molecule has 1 aliphatic heterocycles. The molecular formula is C14H26N2O. The minimum atomic E-state index is -0.286. The number of hydrogen-bond donors (Lipinski definition) is 1. The lowest BCUT2D eigenvalue weighted by Gasteiger charge is -2.32. The molecule has 2 N–H and O–H groups in total. The van der Waals surface area contributed by atoms with E-state index in [0.29, 0.717) is 17.7 Å². The van der Waals surface area contributed by atoms with Crippen LogP contribution in [0.15, 0.2) is 0 Å². The van der Waals surface area contributed by atoms with Gasteiger partial charge in [0.15, 0.2) is 0 Å². The van der Waals surface area contributed by atoms with Gasteiger partial charge in [-0.2, -0.15) is 0 Å². The first-order valence-corrected chi connectivity index (χ1v) is 7.00. The Morgan fingerprint density at radius 2 is 2.12 bits per heavy atom. The average molecular weight is 238 g/mol. The Morgan fingerprint density at radius 3 is 2.59 bits per heavy atom. The van der Waals surface area contributed by atoms with Crippen molar-refractivity contribution < 1.29 is 4.79 Å². The maximum Gasteiger partial charge on any atom is 0.230 e. The number of rotatable bonds is 2. The van der Waals surface area contributed by atoms with Crippen molar-refractivity contribution in [2.24, 2.45) is 23.0 Å². The van der Waals surface area contributed by atoms with Crippen molar-refractivity contribution in [2.45, 2.75) is 52.5 Å². The topological polar surface area (TPSA) is 46.3 Å². The van der Waals surface area contributed by atoms with Crippen molar-refractivity contribution in [3.63, 3.8) is 0 Å². The zero-order valence-electron chi connectivity index (χ0n) is 11.4. The number of carbonyl (C=O) groups is 1. The van der Waals surface area contributed by atoms with Crippen LogP contribution in [0.3, 0.4) is 0 Å². The van der Waals surface area contributed by atoms with E-state index in [1.165, 1.54) is 0 Å². The van der Waals surface area contributed by atoms with E-state index in [1.54, 1.807) is 0 Å². The highest BCUT2D eigenvalue weighted by atomic mass is 16.2. The molecule has 0 spiro atoms. The molecule has 0 bridgehead atoms. The summed E-state index contributed by atoms with van der Waals surface area (Å²) in [5.74, 6) is 1.67. The first-order valence-electron chi connectivity index (χ1n) is 7.00. The van der Waals surface area contributed by atoms with Gasteiger partial charge in [-0.25, -0.2) is 0 Å². The van der Waals surface area contributed by atoms with Crippen LogP contribution < -0.4 is 5.73 Å². The molecule has 2 aliphatic rings. The van der Waals surface area contributed by atoms with Gasteiger partial charge in [0.25, 0.3) is 0 Å². The van der Waals surface area contributed by atoms with Crippen molar-refractivity contribution in [3.05, 3.63) is 0 Å². The molecule has 1 heterocycles. The summed E-state index contributed by atoms with van der Waals surface area (Å²) in [6.07, 6.45) is 4.24. The van der Waals surface area contributed by atoms with Crippen molar-refractivity contribution in [1.29, 1.82) is 0 Å². The fourth-order valence-electron chi connectivity index (χ4n) is 3.34. The maximum atomic E-state index is 12.6. The highest BCUT2D eigenvalue weighted by molar-refractivity contribution is 5.83. The molecule has 2 fully saturated rings. The normalized spacial score (nSPS) is 38.1. The van der Waals surface area contributed by atoms with Crippen LogP contribution in [0.2, 0.25) is 0 Å². The first kappa shape index (κ1) is 12.9. The Bertz CT molecular complexity index is 303. The third kappa shape index (κ3) is 2.22. The van der Waals surface area contributed by atoms with Gasteiger partial charge in [0.1, 0.15) is 0 Å². The largest absolute Gasteiger partial charge is 0.342 e.